The van der Waals surface area contributed by atoms with E-state index < -0.39 is 52.8 Å². The van der Waals surface area contributed by atoms with Gasteiger partial charge in [-0.3, -0.25) is 9.48 Å². The number of ether oxygens (including phenoxy) is 2. The van der Waals surface area contributed by atoms with Gasteiger partial charge in [0.2, 0.25) is 5.91 Å². The molecule has 2 N–H and O–H groups in total. The molecule has 3 aromatic heterocycles. The zero-order valence-corrected chi connectivity index (χ0v) is 22.3. The topological polar surface area (TPSA) is 108 Å². The van der Waals surface area contributed by atoms with Crippen molar-refractivity contribution >= 4 is 34.0 Å². The average Bonchev–Trinajstić information content (AvgIpc) is 3.71. The minimum Gasteiger partial charge on any atom is -0.494 e. The predicted octanol–water partition coefficient (Wildman–Crippen LogP) is 4.73. The SMILES string of the molecule is C=CC(=O)N1CC[C@H](n2nc(C(F)(F)Cc3c(F)c(OC)cc(OC)c3F)c3c(N)ncc(-c4nccs4)c32)C1. The summed E-state index contributed by atoms with van der Waals surface area (Å²) in [7, 11) is 2.25. The van der Waals surface area contributed by atoms with Gasteiger partial charge in [-0.15, -0.1) is 11.3 Å². The summed E-state index contributed by atoms with van der Waals surface area (Å²) in [5.74, 6) is -7.94. The van der Waals surface area contributed by atoms with Gasteiger partial charge in [-0.1, -0.05) is 6.58 Å². The fourth-order valence-electron chi connectivity index (χ4n) is 4.90. The predicted molar refractivity (Wildman–Crippen MR) is 141 cm³/mol. The van der Waals surface area contributed by atoms with Gasteiger partial charge in [-0.2, -0.15) is 13.9 Å². The fraction of sp³-hybridized carbons (Fsp3) is 0.308. The van der Waals surface area contributed by atoms with Crippen LogP contribution in [0.5, 0.6) is 11.5 Å². The van der Waals surface area contributed by atoms with Crippen LogP contribution >= 0.6 is 11.3 Å². The summed E-state index contributed by atoms with van der Waals surface area (Å²) in [5, 5.41) is 6.33. The molecule has 1 amide bonds. The van der Waals surface area contributed by atoms with Crippen molar-refractivity contribution in [3.8, 4) is 22.1 Å². The Morgan fingerprint density at radius 3 is 2.55 bits per heavy atom. The second kappa shape index (κ2) is 10.4. The number of fused-ring (bicyclic) bond motifs is 1. The van der Waals surface area contributed by atoms with Crippen molar-refractivity contribution in [3.63, 3.8) is 0 Å². The molecule has 9 nitrogen and oxygen atoms in total. The average molecular weight is 577 g/mol. The second-order valence-electron chi connectivity index (χ2n) is 9.11. The Bertz CT molecular complexity index is 1580. The molecule has 0 bridgehead atoms. The Hall–Kier alpha value is -4.20. The van der Waals surface area contributed by atoms with Crippen molar-refractivity contribution in [3.05, 3.63) is 59.4 Å². The first kappa shape index (κ1) is 27.4. The number of rotatable bonds is 8. The number of hydrogen-bond donors (Lipinski definition) is 1. The van der Waals surface area contributed by atoms with Crippen molar-refractivity contribution < 1.29 is 31.8 Å². The maximum atomic E-state index is 16.2. The highest BCUT2D eigenvalue weighted by molar-refractivity contribution is 7.13. The number of nitrogens with zero attached hydrogens (tertiary/aromatic N) is 5. The number of anilines is 1. The number of halogens is 4. The molecule has 40 heavy (non-hydrogen) atoms. The summed E-state index contributed by atoms with van der Waals surface area (Å²) in [5.41, 5.74) is 5.05. The van der Waals surface area contributed by atoms with E-state index >= 15 is 17.6 Å². The second-order valence-corrected chi connectivity index (χ2v) is 10.0. The largest absolute Gasteiger partial charge is 0.494 e. The molecule has 1 aliphatic rings. The molecular formula is C26H24F4N6O3S. The number of thiazole rings is 1. The molecule has 0 unspecified atom stereocenters. The first-order chi connectivity index (χ1) is 19.1. The highest BCUT2D eigenvalue weighted by atomic mass is 32.1. The van der Waals surface area contributed by atoms with Crippen LogP contribution in [0.25, 0.3) is 21.5 Å². The van der Waals surface area contributed by atoms with Crippen LogP contribution in [0.4, 0.5) is 23.4 Å². The summed E-state index contributed by atoms with van der Waals surface area (Å²) in [6.45, 7) is 4.04. The molecule has 4 heterocycles. The van der Waals surface area contributed by atoms with E-state index in [0.717, 1.165) is 20.3 Å². The smallest absolute Gasteiger partial charge is 0.296 e. The normalized spacial score (nSPS) is 15.6. The van der Waals surface area contributed by atoms with Gasteiger partial charge in [-0.05, 0) is 12.5 Å². The fourth-order valence-corrected chi connectivity index (χ4v) is 5.55. The van der Waals surface area contributed by atoms with Crippen LogP contribution in [0.3, 0.4) is 0 Å². The lowest BCUT2D eigenvalue weighted by molar-refractivity contribution is -0.125. The molecular weight excluding hydrogens is 552 g/mol. The number of alkyl halides is 2. The van der Waals surface area contributed by atoms with Gasteiger partial charge < -0.3 is 20.1 Å². The highest BCUT2D eigenvalue weighted by Gasteiger charge is 2.43. The highest BCUT2D eigenvalue weighted by Crippen LogP contribution is 2.44. The first-order valence-corrected chi connectivity index (χ1v) is 12.9. The van der Waals surface area contributed by atoms with Crippen molar-refractivity contribution in [1.29, 1.82) is 0 Å². The molecule has 1 aliphatic heterocycles. The lowest BCUT2D eigenvalue weighted by Gasteiger charge is -2.18. The van der Waals surface area contributed by atoms with E-state index in [1.807, 2.05) is 0 Å². The van der Waals surface area contributed by atoms with E-state index in [-0.39, 0.29) is 29.2 Å². The molecule has 1 aromatic carbocycles. The van der Waals surface area contributed by atoms with Gasteiger partial charge >= 0.3 is 0 Å². The van der Waals surface area contributed by atoms with Crippen molar-refractivity contribution in [2.24, 2.45) is 0 Å². The van der Waals surface area contributed by atoms with Gasteiger partial charge in [0.25, 0.3) is 5.92 Å². The molecule has 0 spiro atoms. The quantitative estimate of drug-likeness (QED) is 0.239. The summed E-state index contributed by atoms with van der Waals surface area (Å²) < 4.78 is 73.6. The van der Waals surface area contributed by atoms with Crippen molar-refractivity contribution in [2.45, 2.75) is 24.8 Å². The van der Waals surface area contributed by atoms with Crippen LogP contribution in [0.2, 0.25) is 0 Å². The zero-order valence-electron chi connectivity index (χ0n) is 21.5. The lowest BCUT2D eigenvalue weighted by atomic mass is 10.00. The number of benzene rings is 1. The van der Waals surface area contributed by atoms with Crippen LogP contribution in [0, 0.1) is 11.6 Å². The van der Waals surface area contributed by atoms with E-state index in [1.54, 1.807) is 11.6 Å². The van der Waals surface area contributed by atoms with Crippen LogP contribution < -0.4 is 15.2 Å². The summed E-state index contributed by atoms with van der Waals surface area (Å²) in [4.78, 5) is 22.2. The monoisotopic (exact) mass is 576 g/mol. The zero-order chi connectivity index (χ0) is 28.8. The third kappa shape index (κ3) is 4.51. The number of likely N-dealkylation sites (tertiary alicyclic amines) is 1. The van der Waals surface area contributed by atoms with Crippen molar-refractivity contribution in [1.82, 2.24) is 24.6 Å². The summed E-state index contributed by atoms with van der Waals surface area (Å²) in [6, 6.07) is 0.441. The Morgan fingerprint density at radius 1 is 1.25 bits per heavy atom. The van der Waals surface area contributed by atoms with Gasteiger partial charge in [0.1, 0.15) is 16.5 Å². The van der Waals surface area contributed by atoms with Gasteiger partial charge in [0.05, 0.1) is 36.7 Å². The number of hydrogen-bond acceptors (Lipinski definition) is 8. The third-order valence-electron chi connectivity index (χ3n) is 6.82. The molecule has 1 atom stereocenters. The molecule has 1 fully saturated rings. The standard InChI is InChI=1S/C26H24F4N6O3S/c1-4-18(37)35-7-5-13(12-35)36-22-15(25-32-6-8-40-25)11-33-24(31)19(22)23(34-36)26(29,30)10-14-20(27)16(38-2)9-17(39-3)21(14)28/h4,6,8-9,11,13H,1,5,7,10,12H2,2-3H3,(H2,31,33)/t13-/m0/s1. The number of amides is 1. The van der Waals surface area contributed by atoms with E-state index in [1.165, 1.54) is 33.2 Å². The minimum atomic E-state index is -3.92. The van der Waals surface area contributed by atoms with E-state index in [4.69, 9.17) is 15.2 Å². The first-order valence-electron chi connectivity index (χ1n) is 12.1. The molecule has 210 valence electrons. The Morgan fingerprint density at radius 2 is 1.95 bits per heavy atom. The number of nitrogens with two attached hydrogens (primary N) is 1. The Balaban J connectivity index is 1.70. The third-order valence-corrected chi connectivity index (χ3v) is 7.63. The maximum absolute atomic E-state index is 16.2. The van der Waals surface area contributed by atoms with Gasteiger partial charge in [0.15, 0.2) is 23.1 Å². The number of carbonyl (C=O) groups excluding carboxylic acids is 1. The van der Waals surface area contributed by atoms with Crippen molar-refractivity contribution in [2.75, 3.05) is 33.0 Å². The van der Waals surface area contributed by atoms with E-state index in [0.29, 0.717) is 23.5 Å². The molecule has 0 radical (unpaired) electrons. The number of aromatic nitrogens is 4. The maximum Gasteiger partial charge on any atom is 0.296 e. The summed E-state index contributed by atoms with van der Waals surface area (Å²) in [6.07, 6.45) is 3.16. The van der Waals surface area contributed by atoms with Gasteiger partial charge in [0, 0.05) is 48.9 Å². The summed E-state index contributed by atoms with van der Waals surface area (Å²) >= 11 is 1.26. The van der Waals surface area contributed by atoms with Crippen LogP contribution in [0.1, 0.15) is 23.7 Å². The molecule has 0 aliphatic carbocycles. The van der Waals surface area contributed by atoms with Crippen LogP contribution in [-0.2, 0) is 17.1 Å². The van der Waals surface area contributed by atoms with E-state index in [2.05, 4.69) is 21.6 Å². The number of nitrogen functional groups attached to an aromatic ring is 1. The number of pyridine rings is 1. The Labute approximate surface area is 229 Å². The molecule has 14 heteroatoms. The lowest BCUT2D eigenvalue weighted by Crippen LogP contribution is -2.27. The van der Waals surface area contributed by atoms with E-state index in [9.17, 15) is 4.79 Å². The molecule has 5 rings (SSSR count). The molecule has 0 saturated carbocycles. The molecule has 1 saturated heterocycles. The Kier molecular flexibility index (Phi) is 7.12. The van der Waals surface area contributed by atoms with Gasteiger partial charge in [-0.25, -0.2) is 18.7 Å². The molecule has 4 aromatic rings. The van der Waals surface area contributed by atoms with Crippen LogP contribution in [0.15, 0.2) is 36.5 Å². The number of carbonyl (C=O) groups is 1. The number of methoxy groups -OCH3 is 2. The van der Waals surface area contributed by atoms with Crippen LogP contribution in [-0.4, -0.2) is 57.9 Å². The minimum absolute atomic E-state index is 0.165.